The molecular weight excluding hydrogens is 600 g/mol. The van der Waals surface area contributed by atoms with E-state index in [0.29, 0.717) is 47.2 Å². The summed E-state index contributed by atoms with van der Waals surface area (Å²) < 4.78 is 44.0. The van der Waals surface area contributed by atoms with Gasteiger partial charge in [0.1, 0.15) is 29.8 Å². The fourth-order valence-corrected chi connectivity index (χ4v) is 8.90. The zero-order valence-corrected chi connectivity index (χ0v) is 26.0. The molecule has 1 spiro atoms. The molecule has 0 radical (unpaired) electrons. The monoisotopic (exact) mass is 635 g/mol. The fraction of sp³-hybridized carbons (Fsp3) is 0.576. The van der Waals surface area contributed by atoms with E-state index in [9.17, 15) is 4.39 Å². The number of pyridine rings is 1. The zero-order valence-electron chi connectivity index (χ0n) is 25.3. The van der Waals surface area contributed by atoms with Gasteiger partial charge < -0.3 is 14.4 Å². The predicted octanol–water partition coefficient (Wildman–Crippen LogP) is 6.20. The molecule has 1 saturated carbocycles. The SMILES string of the molecule is C[C@H]1C[C@H]1c1c(Cl)cc2[nH]ncc2c1-c1ncc2c(N3CCC[C@]4(CCO4)C3)nc(OC[C@@]34CCCN3C[C@H](F)C4)nc2c1F. The Morgan fingerprint density at radius 3 is 2.80 bits per heavy atom. The lowest BCUT2D eigenvalue weighted by molar-refractivity contribution is -0.151. The number of nitrogens with one attached hydrogen (secondary N) is 1. The molecule has 4 aromatic rings. The zero-order chi connectivity index (χ0) is 30.5. The third-order valence-corrected chi connectivity index (χ3v) is 11.4. The van der Waals surface area contributed by atoms with Crippen LogP contribution in [0.1, 0.15) is 63.4 Å². The van der Waals surface area contributed by atoms with Gasteiger partial charge in [0.15, 0.2) is 5.82 Å². The van der Waals surface area contributed by atoms with Crippen LogP contribution in [-0.2, 0) is 4.74 Å². The van der Waals surface area contributed by atoms with Crippen LogP contribution in [0.2, 0.25) is 5.02 Å². The number of rotatable bonds is 6. The molecule has 4 saturated heterocycles. The van der Waals surface area contributed by atoms with Gasteiger partial charge >= 0.3 is 6.01 Å². The maximum Gasteiger partial charge on any atom is 0.319 e. The van der Waals surface area contributed by atoms with E-state index < -0.39 is 12.0 Å². The molecule has 3 aromatic heterocycles. The van der Waals surface area contributed by atoms with Crippen molar-refractivity contribution in [3.63, 3.8) is 0 Å². The highest BCUT2D eigenvalue weighted by Crippen LogP contribution is 2.54. The lowest BCUT2D eigenvalue weighted by Crippen LogP contribution is -2.56. The van der Waals surface area contributed by atoms with Crippen LogP contribution in [0.3, 0.4) is 0 Å². The minimum absolute atomic E-state index is 0.0989. The van der Waals surface area contributed by atoms with Crippen LogP contribution in [0, 0.1) is 11.7 Å². The summed E-state index contributed by atoms with van der Waals surface area (Å²) >= 11 is 6.85. The Bertz CT molecular complexity index is 1830. The fourth-order valence-electron chi connectivity index (χ4n) is 8.56. The number of hydrogen-bond donors (Lipinski definition) is 1. The molecule has 1 aliphatic carbocycles. The standard InChI is InChI=1S/C33H36ClF2N7O2/c1-18-10-20(18)25-23(34)11-24-21(14-38-41-24)26(25)29-27(36)28-22(13-37-29)30(42-7-3-5-33(16-42)6-9-45-33)40-31(39-28)44-17-32-4-2-8-43(32)15-19(35)12-32/h11,13-14,18-20H,2-10,12,15-17H2,1H3,(H,38,41)/t18-,19+,20+,32-,33-/m0/s1. The Morgan fingerprint density at radius 1 is 1.16 bits per heavy atom. The molecule has 0 unspecified atom stereocenters. The molecule has 1 N–H and O–H groups in total. The minimum atomic E-state index is -0.874. The Morgan fingerprint density at radius 2 is 2.00 bits per heavy atom. The predicted molar refractivity (Wildman–Crippen MR) is 167 cm³/mol. The van der Waals surface area contributed by atoms with E-state index in [1.807, 2.05) is 6.07 Å². The Balaban J connectivity index is 1.18. The molecule has 9 nitrogen and oxygen atoms in total. The second kappa shape index (κ2) is 10.2. The van der Waals surface area contributed by atoms with Gasteiger partial charge in [0.2, 0.25) is 0 Å². The molecule has 0 bridgehead atoms. The van der Waals surface area contributed by atoms with Crippen LogP contribution in [0.25, 0.3) is 33.1 Å². The number of fused-ring (bicyclic) bond motifs is 3. The highest BCUT2D eigenvalue weighted by Gasteiger charge is 2.49. The second-order valence-electron chi connectivity index (χ2n) is 14.0. The molecule has 1 aromatic carbocycles. The lowest BCUT2D eigenvalue weighted by atomic mass is 9.86. The third kappa shape index (κ3) is 4.44. The molecule has 4 aliphatic heterocycles. The number of aromatic nitrogens is 5. The second-order valence-corrected chi connectivity index (χ2v) is 14.4. The first-order valence-corrected chi connectivity index (χ1v) is 16.6. The number of H-pyrrole nitrogens is 1. The molecule has 45 heavy (non-hydrogen) atoms. The van der Waals surface area contributed by atoms with Gasteiger partial charge in [-0.2, -0.15) is 15.1 Å². The van der Waals surface area contributed by atoms with Crippen LogP contribution in [0.15, 0.2) is 18.5 Å². The summed E-state index contributed by atoms with van der Waals surface area (Å²) in [6, 6.07) is 1.96. The average Bonchev–Trinajstić information content (AvgIpc) is 3.30. The third-order valence-electron chi connectivity index (χ3n) is 11.1. The summed E-state index contributed by atoms with van der Waals surface area (Å²) in [5.74, 6) is 0.707. The van der Waals surface area contributed by atoms with Gasteiger partial charge in [-0.15, -0.1) is 0 Å². The largest absolute Gasteiger partial charge is 0.461 e. The van der Waals surface area contributed by atoms with Gasteiger partial charge in [-0.1, -0.05) is 18.5 Å². The first kappa shape index (κ1) is 28.1. The van der Waals surface area contributed by atoms with Crippen molar-refractivity contribution in [1.82, 2.24) is 30.0 Å². The van der Waals surface area contributed by atoms with Crippen molar-refractivity contribution >= 4 is 39.2 Å². The van der Waals surface area contributed by atoms with Crippen molar-refractivity contribution in [2.45, 2.75) is 75.1 Å². The van der Waals surface area contributed by atoms with Crippen molar-refractivity contribution in [2.24, 2.45) is 5.92 Å². The highest BCUT2D eigenvalue weighted by molar-refractivity contribution is 6.33. The number of aromatic amines is 1. The number of piperidine rings is 1. The molecular formula is C33H36ClF2N7O2. The van der Waals surface area contributed by atoms with E-state index in [2.05, 4.69) is 26.9 Å². The van der Waals surface area contributed by atoms with Gasteiger partial charge in [0.05, 0.1) is 34.8 Å². The van der Waals surface area contributed by atoms with E-state index in [-0.39, 0.29) is 40.9 Å². The van der Waals surface area contributed by atoms with E-state index in [0.717, 1.165) is 74.7 Å². The quantitative estimate of drug-likeness (QED) is 0.268. The molecule has 5 atom stereocenters. The summed E-state index contributed by atoms with van der Waals surface area (Å²) in [5.41, 5.74) is 2.04. The molecule has 0 amide bonds. The first-order valence-electron chi connectivity index (χ1n) is 16.3. The summed E-state index contributed by atoms with van der Waals surface area (Å²) in [6.45, 7) is 5.90. The number of nitrogens with zero attached hydrogens (tertiary/aromatic N) is 6. The van der Waals surface area contributed by atoms with Crippen LogP contribution in [0.4, 0.5) is 14.6 Å². The van der Waals surface area contributed by atoms with E-state index >= 15 is 4.39 Å². The van der Waals surface area contributed by atoms with Gasteiger partial charge in [0.25, 0.3) is 0 Å². The van der Waals surface area contributed by atoms with Crippen molar-refractivity contribution in [2.75, 3.05) is 44.3 Å². The molecule has 236 valence electrons. The average molecular weight is 636 g/mol. The molecule has 9 rings (SSSR count). The minimum Gasteiger partial charge on any atom is -0.461 e. The number of benzene rings is 1. The van der Waals surface area contributed by atoms with Crippen LogP contribution < -0.4 is 9.64 Å². The maximum atomic E-state index is 17.1. The summed E-state index contributed by atoms with van der Waals surface area (Å²) in [7, 11) is 0. The van der Waals surface area contributed by atoms with Crippen LogP contribution >= 0.6 is 11.6 Å². The van der Waals surface area contributed by atoms with Gasteiger partial charge in [-0.3, -0.25) is 15.0 Å². The lowest BCUT2D eigenvalue weighted by Gasteiger charge is -2.48. The first-order chi connectivity index (χ1) is 21.8. The molecule has 7 heterocycles. The van der Waals surface area contributed by atoms with E-state index in [1.165, 1.54) is 0 Å². The summed E-state index contributed by atoms with van der Waals surface area (Å²) in [6.07, 6.45) is 8.72. The van der Waals surface area contributed by atoms with Crippen LogP contribution in [-0.4, -0.2) is 86.8 Å². The van der Waals surface area contributed by atoms with Gasteiger partial charge in [-0.05, 0) is 62.1 Å². The number of anilines is 1. The van der Waals surface area contributed by atoms with Gasteiger partial charge in [-0.25, -0.2) is 8.78 Å². The Labute approximate surface area is 264 Å². The molecule has 5 aliphatic rings. The van der Waals surface area contributed by atoms with Crippen molar-refractivity contribution < 1.29 is 18.3 Å². The molecule has 5 fully saturated rings. The number of alkyl halides is 1. The van der Waals surface area contributed by atoms with E-state index in [4.69, 9.17) is 36.0 Å². The Hall–Kier alpha value is -3.15. The van der Waals surface area contributed by atoms with Crippen LogP contribution in [0.5, 0.6) is 6.01 Å². The smallest absolute Gasteiger partial charge is 0.319 e. The molecule has 12 heteroatoms. The Kier molecular flexibility index (Phi) is 6.35. The summed E-state index contributed by atoms with van der Waals surface area (Å²) in [5, 5.41) is 9.10. The highest BCUT2D eigenvalue weighted by atomic mass is 35.5. The number of ether oxygens (including phenoxy) is 2. The summed E-state index contributed by atoms with van der Waals surface area (Å²) in [4.78, 5) is 18.7. The topological polar surface area (TPSA) is 92.3 Å². The normalized spacial score (nSPS) is 31.2. The van der Waals surface area contributed by atoms with Crippen molar-refractivity contribution in [3.8, 4) is 17.3 Å². The van der Waals surface area contributed by atoms with Crippen molar-refractivity contribution in [3.05, 3.63) is 34.9 Å². The number of hydrogen-bond acceptors (Lipinski definition) is 8. The van der Waals surface area contributed by atoms with Crippen molar-refractivity contribution in [1.29, 1.82) is 0 Å². The van der Waals surface area contributed by atoms with E-state index in [1.54, 1.807) is 12.4 Å². The maximum absolute atomic E-state index is 17.1. The van der Waals surface area contributed by atoms with Gasteiger partial charge in [0, 0.05) is 54.6 Å². The number of halogens is 3.